The summed E-state index contributed by atoms with van der Waals surface area (Å²) >= 11 is 5.43. The predicted octanol–water partition coefficient (Wildman–Crippen LogP) is 3.77. The Morgan fingerprint density at radius 3 is 2.30 bits per heavy atom. The van der Waals surface area contributed by atoms with Crippen LogP contribution in [0.1, 0.15) is 11.4 Å². The van der Waals surface area contributed by atoms with E-state index in [0.717, 1.165) is 56.5 Å². The molecule has 0 spiro atoms. The number of hydrogen-bond acceptors (Lipinski definition) is 5. The summed E-state index contributed by atoms with van der Waals surface area (Å²) in [5.74, 6) is 1.71. The monoisotopic (exact) mass is 421 g/mol. The maximum atomic E-state index is 5.81. The highest BCUT2D eigenvalue weighted by Crippen LogP contribution is 2.10. The van der Waals surface area contributed by atoms with Crippen molar-refractivity contribution in [3.63, 3.8) is 0 Å². The molecule has 0 amide bonds. The number of para-hydroxylation sites is 1. The van der Waals surface area contributed by atoms with E-state index in [2.05, 4.69) is 32.0 Å². The van der Waals surface area contributed by atoms with Crippen molar-refractivity contribution in [3.05, 3.63) is 76.8 Å². The van der Waals surface area contributed by atoms with E-state index in [4.69, 9.17) is 17.0 Å². The van der Waals surface area contributed by atoms with Crippen molar-refractivity contribution in [1.82, 2.24) is 24.6 Å². The average Bonchev–Trinajstić information content (AvgIpc) is 3.14. The number of ether oxygens (including phenoxy) is 1. The molecule has 7 heteroatoms. The Balaban J connectivity index is 1.22. The smallest absolute Gasteiger partial charge is 0.217 e. The Bertz CT molecular complexity index is 991. The van der Waals surface area contributed by atoms with Crippen molar-refractivity contribution in [1.29, 1.82) is 0 Å². The lowest BCUT2D eigenvalue weighted by Gasteiger charge is -2.34. The number of aromatic nitrogens is 3. The molecule has 1 saturated heterocycles. The van der Waals surface area contributed by atoms with Crippen LogP contribution in [-0.2, 0) is 6.67 Å². The molecular weight excluding hydrogens is 394 g/mol. The fourth-order valence-corrected chi connectivity index (χ4v) is 3.65. The minimum atomic E-state index is 0.585. The Labute approximate surface area is 182 Å². The normalized spacial score (nSPS) is 15.6. The van der Waals surface area contributed by atoms with Crippen LogP contribution in [0.15, 0.2) is 60.7 Å². The van der Waals surface area contributed by atoms with Crippen molar-refractivity contribution in [2.24, 2.45) is 0 Å². The molecule has 0 bridgehead atoms. The van der Waals surface area contributed by atoms with E-state index >= 15 is 0 Å². The fourth-order valence-electron chi connectivity index (χ4n) is 3.45. The Kier molecular flexibility index (Phi) is 7.07. The highest BCUT2D eigenvalue weighted by atomic mass is 32.1. The summed E-state index contributed by atoms with van der Waals surface area (Å²) in [6.07, 6.45) is 4.00. The highest BCUT2D eigenvalue weighted by Gasteiger charge is 2.17. The predicted molar refractivity (Wildman–Crippen MR) is 123 cm³/mol. The second kappa shape index (κ2) is 10.3. The zero-order valence-electron chi connectivity index (χ0n) is 17.0. The van der Waals surface area contributed by atoms with Crippen LogP contribution in [0.5, 0.6) is 5.75 Å². The van der Waals surface area contributed by atoms with E-state index in [1.54, 1.807) is 0 Å². The zero-order chi connectivity index (χ0) is 20.6. The lowest BCUT2D eigenvalue weighted by Crippen LogP contribution is -2.47. The molecule has 0 aliphatic carbocycles. The zero-order valence-corrected chi connectivity index (χ0v) is 17.8. The van der Waals surface area contributed by atoms with E-state index in [0.29, 0.717) is 11.4 Å². The number of aromatic amines is 1. The van der Waals surface area contributed by atoms with Crippen LogP contribution >= 0.6 is 12.2 Å². The van der Waals surface area contributed by atoms with Gasteiger partial charge in [0.15, 0.2) is 0 Å². The third-order valence-corrected chi connectivity index (χ3v) is 5.47. The largest absolute Gasteiger partial charge is 0.492 e. The van der Waals surface area contributed by atoms with Crippen LogP contribution in [0.3, 0.4) is 0 Å². The number of rotatable bonds is 8. The molecule has 6 nitrogen and oxygen atoms in total. The standard InChI is InChI=1S/C23H27N5OS/c30-23-24-22(12-11-20-7-3-1-4-8-20)25-28(23)19-27-15-13-26(14-16-27)17-18-29-21-9-5-2-6-10-21/h1-12H,13-19H2,(H,24,25,30)/b12-11+. The summed E-state index contributed by atoms with van der Waals surface area (Å²) in [5.41, 5.74) is 1.14. The fraction of sp³-hybridized carbons (Fsp3) is 0.304. The second-order valence-corrected chi connectivity index (χ2v) is 7.69. The first-order valence-electron chi connectivity index (χ1n) is 10.3. The van der Waals surface area contributed by atoms with Gasteiger partial charge in [-0.3, -0.25) is 14.9 Å². The van der Waals surface area contributed by atoms with Crippen molar-refractivity contribution in [3.8, 4) is 5.75 Å². The van der Waals surface area contributed by atoms with Gasteiger partial charge in [0.1, 0.15) is 18.2 Å². The lowest BCUT2D eigenvalue weighted by atomic mass is 10.2. The molecule has 1 aliphatic heterocycles. The first-order chi connectivity index (χ1) is 14.8. The van der Waals surface area contributed by atoms with E-state index in [1.807, 2.05) is 65.4 Å². The Morgan fingerprint density at radius 2 is 1.57 bits per heavy atom. The maximum absolute atomic E-state index is 5.81. The number of piperazine rings is 1. The van der Waals surface area contributed by atoms with Gasteiger partial charge in [0.2, 0.25) is 4.77 Å². The van der Waals surface area contributed by atoms with Crippen molar-refractivity contribution < 1.29 is 4.74 Å². The van der Waals surface area contributed by atoms with Gasteiger partial charge in [-0.05, 0) is 36.0 Å². The van der Waals surface area contributed by atoms with Gasteiger partial charge in [-0.1, -0.05) is 54.6 Å². The molecule has 1 aromatic heterocycles. The molecule has 0 unspecified atom stereocenters. The number of H-pyrrole nitrogens is 1. The Hall–Kier alpha value is -2.74. The van der Waals surface area contributed by atoms with E-state index in [1.165, 1.54) is 0 Å². The SMILES string of the molecule is S=c1nc(/C=C/c2ccccc2)[nH]n1CN1CCN(CCOc2ccccc2)CC1. The molecule has 156 valence electrons. The lowest BCUT2D eigenvalue weighted by molar-refractivity contribution is 0.0921. The number of hydrogen-bond donors (Lipinski definition) is 1. The molecule has 0 radical (unpaired) electrons. The Morgan fingerprint density at radius 1 is 0.900 bits per heavy atom. The summed E-state index contributed by atoms with van der Waals surface area (Å²) in [5, 5.41) is 3.30. The molecule has 2 heterocycles. The molecule has 4 rings (SSSR count). The molecule has 0 atom stereocenters. The van der Waals surface area contributed by atoms with Gasteiger partial charge >= 0.3 is 0 Å². The van der Waals surface area contributed by atoms with Gasteiger partial charge < -0.3 is 4.74 Å². The molecule has 3 aromatic rings. The van der Waals surface area contributed by atoms with Crippen LogP contribution in [-0.4, -0.2) is 63.9 Å². The molecule has 2 aromatic carbocycles. The highest BCUT2D eigenvalue weighted by molar-refractivity contribution is 7.71. The van der Waals surface area contributed by atoms with Crippen LogP contribution in [0.2, 0.25) is 0 Å². The quantitative estimate of drug-likeness (QED) is 0.561. The minimum Gasteiger partial charge on any atom is -0.492 e. The van der Waals surface area contributed by atoms with E-state index in [-0.39, 0.29) is 0 Å². The molecule has 0 saturated carbocycles. The summed E-state index contributed by atoms with van der Waals surface area (Å²) in [6.45, 7) is 6.45. The molecule has 30 heavy (non-hydrogen) atoms. The van der Waals surface area contributed by atoms with Crippen molar-refractivity contribution in [2.45, 2.75) is 6.67 Å². The van der Waals surface area contributed by atoms with Crippen LogP contribution in [0.4, 0.5) is 0 Å². The molecule has 1 aliphatic rings. The molecular formula is C23H27N5OS. The van der Waals surface area contributed by atoms with Crippen LogP contribution < -0.4 is 4.74 Å². The van der Waals surface area contributed by atoms with Gasteiger partial charge in [-0.15, -0.1) is 0 Å². The van der Waals surface area contributed by atoms with Crippen molar-refractivity contribution in [2.75, 3.05) is 39.3 Å². The average molecular weight is 422 g/mol. The molecule has 1 N–H and O–H groups in total. The van der Waals surface area contributed by atoms with Crippen LogP contribution in [0, 0.1) is 4.77 Å². The number of nitrogens with zero attached hydrogens (tertiary/aromatic N) is 4. The van der Waals surface area contributed by atoms with Gasteiger partial charge in [0, 0.05) is 32.7 Å². The number of nitrogens with one attached hydrogen (secondary N) is 1. The second-order valence-electron chi connectivity index (χ2n) is 7.33. The third kappa shape index (κ3) is 5.89. The van der Waals surface area contributed by atoms with Crippen molar-refractivity contribution >= 4 is 24.4 Å². The van der Waals surface area contributed by atoms with Gasteiger partial charge in [-0.2, -0.15) is 4.98 Å². The van der Waals surface area contributed by atoms with Gasteiger partial charge in [0.25, 0.3) is 0 Å². The first kappa shape index (κ1) is 20.5. The third-order valence-electron chi connectivity index (χ3n) is 5.16. The summed E-state index contributed by atoms with van der Waals surface area (Å²) in [6, 6.07) is 20.2. The van der Waals surface area contributed by atoms with Gasteiger partial charge in [-0.25, -0.2) is 4.68 Å². The van der Waals surface area contributed by atoms with Crippen LogP contribution in [0.25, 0.3) is 12.2 Å². The minimum absolute atomic E-state index is 0.585. The van der Waals surface area contributed by atoms with Gasteiger partial charge in [0.05, 0.1) is 6.67 Å². The topological polar surface area (TPSA) is 49.3 Å². The molecule has 1 fully saturated rings. The van der Waals surface area contributed by atoms with E-state index in [9.17, 15) is 0 Å². The summed E-state index contributed by atoms with van der Waals surface area (Å²) in [7, 11) is 0. The summed E-state index contributed by atoms with van der Waals surface area (Å²) < 4.78 is 8.34. The first-order valence-corrected chi connectivity index (χ1v) is 10.7. The summed E-state index contributed by atoms with van der Waals surface area (Å²) in [4.78, 5) is 9.30. The number of benzene rings is 2. The maximum Gasteiger partial charge on any atom is 0.217 e. The van der Waals surface area contributed by atoms with E-state index < -0.39 is 0 Å².